The molecule has 0 atom stereocenters. The summed E-state index contributed by atoms with van der Waals surface area (Å²) >= 11 is 5.82. The highest BCUT2D eigenvalue weighted by Gasteiger charge is 2.07. The normalized spacial score (nSPS) is 10.3. The number of nitrogens with one attached hydrogen (secondary N) is 3. The number of carbonyl (C=O) groups excluding carboxylic acids is 2. The fourth-order valence-corrected chi connectivity index (χ4v) is 6.37. The van der Waals surface area contributed by atoms with Crippen LogP contribution in [0.2, 0.25) is 5.15 Å². The van der Waals surface area contributed by atoms with E-state index in [2.05, 4.69) is 113 Å². The van der Waals surface area contributed by atoms with Crippen molar-refractivity contribution in [1.82, 2.24) is 73.9 Å². The van der Waals surface area contributed by atoms with Crippen LogP contribution >= 0.6 is 11.6 Å². The molecule has 352 valence electrons. The standard InChI is InChI=1S/C16H13N5.C10H9N.C6H5ClN4.C6H6N4O.C6H10O3.C2H4N4/c1-11-8-15(21-16(19-11)17-10-18-21)20-14-7-6-12-4-2-3-5-13(12)9-14;11-10-6-5-8-3-1-2-4-9(8)7-10;1-4-2-5(7)11-6(10-4)8-3-9-11;1-4-2-5(11)10-6(9-4)7-3-8-10;1-3-9-6(8)4-5(2)7;3-2-4-1-5-6-2/h2-10,20H,1H3;1-7H,11H2;2-3H,1H3;2-3H,1H3,(H,7,8,9);3-4H2,1-2H3;1H,(H3,3,4,5,6). The number of aromatic amines is 2. The number of esters is 1. The van der Waals surface area contributed by atoms with E-state index in [0.717, 1.165) is 28.6 Å². The molecule has 0 spiro atoms. The van der Waals surface area contributed by atoms with Gasteiger partial charge in [0, 0.05) is 40.6 Å². The predicted molar refractivity (Wildman–Crippen MR) is 263 cm³/mol. The van der Waals surface area contributed by atoms with Crippen molar-refractivity contribution >= 4 is 85.4 Å². The lowest BCUT2D eigenvalue weighted by molar-refractivity contribution is -0.145. The molecule has 0 radical (unpaired) electrons. The third kappa shape index (κ3) is 14.4. The first-order valence-corrected chi connectivity index (χ1v) is 21.3. The second-order valence-electron chi connectivity index (χ2n) is 14.6. The Hall–Kier alpha value is -9.18. The highest BCUT2D eigenvalue weighted by molar-refractivity contribution is 6.29. The molecule has 0 unspecified atom stereocenters. The Morgan fingerprint density at radius 2 is 1.29 bits per heavy atom. The number of nitrogen functional groups attached to an aromatic ring is 2. The van der Waals surface area contributed by atoms with Gasteiger partial charge in [-0.15, -0.1) is 0 Å². The lowest BCUT2D eigenvalue weighted by atomic mass is 10.1. The molecular weight excluding hydrogens is 904 g/mol. The van der Waals surface area contributed by atoms with Gasteiger partial charge in [0.2, 0.25) is 5.95 Å². The van der Waals surface area contributed by atoms with Crippen LogP contribution in [-0.2, 0) is 14.3 Å². The zero-order valence-electron chi connectivity index (χ0n) is 38.0. The van der Waals surface area contributed by atoms with Gasteiger partial charge in [-0.3, -0.25) is 19.5 Å². The van der Waals surface area contributed by atoms with Gasteiger partial charge in [0.15, 0.2) is 0 Å². The number of nitrogens with zero attached hydrogens (tertiary/aromatic N) is 13. The van der Waals surface area contributed by atoms with Crippen LogP contribution in [0.3, 0.4) is 0 Å². The smallest absolute Gasteiger partial charge is 0.313 e. The number of anilines is 4. The number of Topliss-reactive ketones (excluding diaryl/α,β-unsaturated/α-hetero) is 1. The Morgan fingerprint density at radius 1 is 0.696 bits per heavy atom. The number of carbonyl (C=O) groups is 2. The zero-order chi connectivity index (χ0) is 49.3. The van der Waals surface area contributed by atoms with Gasteiger partial charge in [0.25, 0.3) is 22.9 Å². The first-order valence-electron chi connectivity index (χ1n) is 20.9. The van der Waals surface area contributed by atoms with E-state index in [-0.39, 0.29) is 17.8 Å². The molecule has 11 rings (SSSR count). The molecule has 23 heteroatoms. The summed E-state index contributed by atoms with van der Waals surface area (Å²) in [5, 5.41) is 25.4. The Balaban J connectivity index is 0.000000143. The number of H-pyrrole nitrogens is 2. The molecule has 11 aromatic rings. The molecule has 0 aliphatic heterocycles. The van der Waals surface area contributed by atoms with Gasteiger partial charge in [0.1, 0.15) is 48.5 Å². The molecule has 7 N–H and O–H groups in total. The van der Waals surface area contributed by atoms with Gasteiger partial charge in [-0.25, -0.2) is 30.0 Å². The van der Waals surface area contributed by atoms with Crippen molar-refractivity contribution < 1.29 is 14.3 Å². The third-order valence-electron chi connectivity index (χ3n) is 9.04. The van der Waals surface area contributed by atoms with E-state index in [4.69, 9.17) is 23.1 Å². The van der Waals surface area contributed by atoms with Gasteiger partial charge < -0.3 is 21.5 Å². The maximum atomic E-state index is 11.1. The third-order valence-corrected chi connectivity index (χ3v) is 9.31. The van der Waals surface area contributed by atoms with E-state index in [0.29, 0.717) is 40.7 Å². The fourth-order valence-electron chi connectivity index (χ4n) is 6.09. The number of nitrogens with two attached hydrogens (primary N) is 2. The van der Waals surface area contributed by atoms with Crippen LogP contribution in [0.25, 0.3) is 38.9 Å². The van der Waals surface area contributed by atoms with Crippen molar-refractivity contribution in [2.45, 2.75) is 41.0 Å². The summed E-state index contributed by atoms with van der Waals surface area (Å²) < 4.78 is 8.95. The van der Waals surface area contributed by atoms with Gasteiger partial charge >= 0.3 is 5.97 Å². The number of fused-ring (bicyclic) bond motifs is 5. The quantitative estimate of drug-likeness (QED) is 0.0534. The number of hydrogen-bond donors (Lipinski definition) is 5. The number of ether oxygens (including phenoxy) is 1. The van der Waals surface area contributed by atoms with Crippen LogP contribution in [0.1, 0.15) is 37.4 Å². The van der Waals surface area contributed by atoms with Gasteiger partial charge in [-0.05, 0) is 86.5 Å². The lowest BCUT2D eigenvalue weighted by Gasteiger charge is -2.09. The SMILES string of the molecule is CCOC(=O)CC(C)=O.Cc1cc(=O)n2[nH]cnc2n1.Cc1cc(Cl)n2ncnc2n1.Cc1cc(Nc2ccc3ccccc3c2)n2ncnc2n1.Nc1ccc2ccccc2c1.Nc1ncn[nH]1. The van der Waals surface area contributed by atoms with Crippen molar-refractivity contribution in [3.05, 3.63) is 161 Å². The maximum Gasteiger partial charge on any atom is 0.313 e. The highest BCUT2D eigenvalue weighted by atomic mass is 35.5. The van der Waals surface area contributed by atoms with Gasteiger partial charge in [0.05, 0.1) is 6.61 Å². The molecule has 0 amide bonds. The topological polar surface area (TPSA) is 298 Å². The number of ketones is 1. The first-order chi connectivity index (χ1) is 33.3. The summed E-state index contributed by atoms with van der Waals surface area (Å²) in [4.78, 5) is 59.6. The largest absolute Gasteiger partial charge is 0.466 e. The maximum absolute atomic E-state index is 11.1. The molecule has 0 bridgehead atoms. The highest BCUT2D eigenvalue weighted by Crippen LogP contribution is 2.23. The van der Waals surface area contributed by atoms with Crippen LogP contribution in [-0.4, -0.2) is 92.3 Å². The minimum absolute atomic E-state index is 0.103. The second-order valence-corrected chi connectivity index (χ2v) is 14.9. The number of benzene rings is 4. The molecule has 0 aliphatic rings. The minimum Gasteiger partial charge on any atom is -0.466 e. The van der Waals surface area contributed by atoms with Crippen molar-refractivity contribution in [1.29, 1.82) is 0 Å². The second kappa shape index (κ2) is 23.8. The number of hydrogen-bond acceptors (Lipinski definition) is 17. The molecule has 7 heterocycles. The molecule has 22 nitrogen and oxygen atoms in total. The van der Waals surface area contributed by atoms with Crippen molar-refractivity contribution in [2.75, 3.05) is 23.4 Å². The number of halogens is 1. The van der Waals surface area contributed by atoms with Crippen molar-refractivity contribution in [3.63, 3.8) is 0 Å². The average molecular weight is 951 g/mol. The van der Waals surface area contributed by atoms with Crippen LogP contribution in [0.5, 0.6) is 0 Å². The monoisotopic (exact) mass is 950 g/mol. The van der Waals surface area contributed by atoms with Crippen molar-refractivity contribution in [2.24, 2.45) is 0 Å². The average Bonchev–Trinajstić information content (AvgIpc) is 4.17. The number of aryl methyl sites for hydroxylation is 3. The Kier molecular flexibility index (Phi) is 17.0. The summed E-state index contributed by atoms with van der Waals surface area (Å²) in [6.07, 6.45) is 5.62. The molecular formula is C46H47ClN18O4. The number of aromatic nitrogens is 15. The lowest BCUT2D eigenvalue weighted by Crippen LogP contribution is -2.14. The van der Waals surface area contributed by atoms with Crippen LogP contribution in [0.15, 0.2) is 133 Å². The summed E-state index contributed by atoms with van der Waals surface area (Å²) in [7, 11) is 0. The van der Waals surface area contributed by atoms with E-state index < -0.39 is 5.97 Å². The van der Waals surface area contributed by atoms with E-state index in [9.17, 15) is 14.4 Å². The summed E-state index contributed by atoms with van der Waals surface area (Å²) in [5.74, 6) is 2.15. The van der Waals surface area contributed by atoms with E-state index >= 15 is 0 Å². The van der Waals surface area contributed by atoms with Crippen molar-refractivity contribution in [3.8, 4) is 0 Å². The molecule has 0 aliphatic carbocycles. The summed E-state index contributed by atoms with van der Waals surface area (Å²) in [5.41, 5.74) is 14.8. The molecule has 4 aromatic carbocycles. The van der Waals surface area contributed by atoms with Crippen LogP contribution in [0.4, 0.5) is 23.1 Å². The molecule has 0 fully saturated rings. The zero-order valence-corrected chi connectivity index (χ0v) is 38.8. The molecule has 0 saturated carbocycles. The fraction of sp³-hybridized carbons (Fsp3) is 0.152. The van der Waals surface area contributed by atoms with E-state index in [1.807, 2.05) is 62.4 Å². The molecule has 0 saturated heterocycles. The molecule has 7 aromatic heterocycles. The van der Waals surface area contributed by atoms with Crippen LogP contribution < -0.4 is 22.3 Å². The summed E-state index contributed by atoms with van der Waals surface area (Å²) in [6.45, 7) is 8.97. The Bertz CT molecular complexity index is 3500. The minimum atomic E-state index is -0.440. The van der Waals surface area contributed by atoms with E-state index in [1.54, 1.807) is 24.4 Å². The first kappa shape index (κ1) is 49.3. The molecule has 69 heavy (non-hydrogen) atoms. The Morgan fingerprint density at radius 3 is 1.91 bits per heavy atom. The number of rotatable bonds is 5. The van der Waals surface area contributed by atoms with Gasteiger partial charge in [-0.2, -0.15) is 38.8 Å². The predicted octanol–water partition coefficient (Wildman–Crippen LogP) is 6.48. The van der Waals surface area contributed by atoms with Gasteiger partial charge in [-0.1, -0.05) is 72.3 Å². The Labute approximate surface area is 397 Å². The summed E-state index contributed by atoms with van der Waals surface area (Å²) in [6, 6.07) is 33.8. The van der Waals surface area contributed by atoms with Crippen LogP contribution in [0, 0.1) is 20.8 Å². The van der Waals surface area contributed by atoms with E-state index in [1.165, 1.54) is 68.9 Å².